The fraction of sp³-hybridized carbons (Fsp3) is 0.0294. The topological polar surface area (TPSA) is 36.1 Å². The molecular weight excluding hydrogens is 877 g/mol. The molecule has 0 bridgehead atoms. The van der Waals surface area contributed by atoms with Gasteiger partial charge in [0.25, 0.3) is 0 Å². The Bertz CT molecular complexity index is 4480. The molecule has 0 aliphatic heterocycles. The van der Waals surface area contributed by atoms with E-state index in [9.17, 15) is 0 Å². The predicted octanol–water partition coefficient (Wildman–Crippen LogP) is 17.1. The number of fused-ring (bicyclic) bond motifs is 9. The van der Waals surface area contributed by atoms with Crippen LogP contribution in [0.15, 0.2) is 240 Å². The molecule has 0 unspecified atom stereocenters. The molecule has 0 fully saturated rings. The molecular formula is C68H48N2O2. The first-order chi connectivity index (χ1) is 35.5. The lowest BCUT2D eigenvalue weighted by Gasteiger charge is -2.12. The van der Waals surface area contributed by atoms with Gasteiger partial charge in [0.05, 0.1) is 22.1 Å². The number of rotatable bonds is 9. The molecule has 4 heteroatoms. The lowest BCUT2D eigenvalue weighted by Crippen LogP contribution is -2.22. The molecule has 0 N–H and O–H groups in total. The van der Waals surface area contributed by atoms with Crippen LogP contribution in [0.4, 0.5) is 0 Å². The molecule has 0 atom stereocenters. The Kier molecular flexibility index (Phi) is 10.2. The summed E-state index contributed by atoms with van der Waals surface area (Å²) >= 11 is 0. The van der Waals surface area contributed by atoms with E-state index in [1.165, 1.54) is 43.7 Å². The third kappa shape index (κ3) is 6.83. The maximum atomic E-state index is 6.43. The van der Waals surface area contributed by atoms with Crippen molar-refractivity contribution in [3.8, 4) is 44.8 Å². The SMILES string of the molecule is C=C/C=C\c1o/c(=C(/C=C\C)c2ccc(-c3cccc4c5cc(-c6ccc7c(c6)c6ccccc6n7-c6ccc(-c7cccc8c7oc7ccccc78)cc6)ccc5n(-c5ccccc5)c34)cc2)c(=C)c1C. The van der Waals surface area contributed by atoms with Crippen molar-refractivity contribution in [2.24, 2.45) is 0 Å². The van der Waals surface area contributed by atoms with E-state index in [0.29, 0.717) is 0 Å². The largest absolute Gasteiger partial charge is 0.456 e. The second-order valence-corrected chi connectivity index (χ2v) is 18.5. The molecule has 4 nitrogen and oxygen atoms in total. The highest BCUT2D eigenvalue weighted by Gasteiger charge is 2.20. The highest BCUT2D eigenvalue weighted by molar-refractivity contribution is 6.16. The van der Waals surface area contributed by atoms with Crippen LogP contribution in [-0.4, -0.2) is 9.13 Å². The van der Waals surface area contributed by atoms with Gasteiger partial charge in [0.1, 0.15) is 22.3 Å². The summed E-state index contributed by atoms with van der Waals surface area (Å²) in [6, 6.07) is 72.5. The van der Waals surface area contributed by atoms with Gasteiger partial charge in [-0.3, -0.25) is 0 Å². The first kappa shape index (κ1) is 42.7. The van der Waals surface area contributed by atoms with Gasteiger partial charge in [-0.05, 0) is 108 Å². The van der Waals surface area contributed by atoms with E-state index >= 15 is 0 Å². The van der Waals surface area contributed by atoms with Gasteiger partial charge < -0.3 is 18.0 Å². The van der Waals surface area contributed by atoms with Crippen molar-refractivity contribution < 1.29 is 8.83 Å². The van der Waals surface area contributed by atoms with E-state index < -0.39 is 0 Å². The van der Waals surface area contributed by atoms with Gasteiger partial charge in [0, 0.05) is 71.2 Å². The lowest BCUT2D eigenvalue weighted by molar-refractivity contribution is 0.518. The van der Waals surface area contributed by atoms with E-state index in [0.717, 1.165) is 99.7 Å². The molecule has 13 aromatic rings. The Hall–Kier alpha value is -9.38. The third-order valence-corrected chi connectivity index (χ3v) is 14.4. The number of benzene rings is 9. The molecule has 4 heterocycles. The number of furan rings is 2. The molecule has 0 saturated carbocycles. The summed E-state index contributed by atoms with van der Waals surface area (Å²) in [5.74, 6) is 0.790. The summed E-state index contributed by atoms with van der Waals surface area (Å²) in [6.07, 6.45) is 9.74. The number of aromatic nitrogens is 2. The van der Waals surface area contributed by atoms with Crippen molar-refractivity contribution in [1.29, 1.82) is 0 Å². The fourth-order valence-electron chi connectivity index (χ4n) is 10.9. The molecule has 72 heavy (non-hydrogen) atoms. The van der Waals surface area contributed by atoms with Crippen LogP contribution in [0.25, 0.3) is 129 Å². The van der Waals surface area contributed by atoms with Crippen LogP contribution in [0.5, 0.6) is 0 Å². The van der Waals surface area contributed by atoms with Crippen LogP contribution < -0.4 is 10.6 Å². The minimum absolute atomic E-state index is 0.772. The molecule has 0 aliphatic rings. The van der Waals surface area contributed by atoms with Crippen molar-refractivity contribution in [2.45, 2.75) is 13.8 Å². The normalized spacial score (nSPS) is 12.5. The highest BCUT2D eigenvalue weighted by atomic mass is 16.3. The summed E-state index contributed by atoms with van der Waals surface area (Å²) in [5, 5.41) is 7.98. The van der Waals surface area contributed by atoms with Gasteiger partial charge >= 0.3 is 0 Å². The lowest BCUT2D eigenvalue weighted by atomic mass is 9.97. The Morgan fingerprint density at radius 1 is 0.500 bits per heavy atom. The quantitative estimate of drug-likeness (QED) is 0.135. The molecule has 13 rings (SSSR count). The van der Waals surface area contributed by atoms with Crippen LogP contribution in [0.1, 0.15) is 23.8 Å². The molecule has 342 valence electrons. The minimum atomic E-state index is 0.772. The van der Waals surface area contributed by atoms with Crippen molar-refractivity contribution in [3.63, 3.8) is 0 Å². The van der Waals surface area contributed by atoms with Crippen LogP contribution in [0.2, 0.25) is 0 Å². The van der Waals surface area contributed by atoms with Gasteiger partial charge in [0.2, 0.25) is 0 Å². The number of hydrogen-bond donors (Lipinski definition) is 0. The van der Waals surface area contributed by atoms with Crippen LogP contribution in [0, 0.1) is 6.92 Å². The van der Waals surface area contributed by atoms with E-state index in [4.69, 9.17) is 8.83 Å². The maximum Gasteiger partial charge on any atom is 0.143 e. The molecule has 4 aromatic heterocycles. The van der Waals surface area contributed by atoms with Gasteiger partial charge in [-0.25, -0.2) is 0 Å². The standard InChI is InChI=1S/C68H48N2O2/c1-5-7-27-64-43(3)44(4)67(71-64)53(17-6-2)46-31-29-45(30-32-46)52-22-15-24-57-60-42-49(36-40-63(60)70(66(52)57)50-18-9-8-10-19-50)48-35-39-62-59(41-48)55-20-11-13-26-61(55)69(62)51-37-33-47(34-38-51)54-23-16-25-58-56-21-12-14-28-65(56)72-68(54)58/h5-42H,1,4H2,2-3H3/b17-6-,27-7-,67-53-. The van der Waals surface area contributed by atoms with Gasteiger partial charge in [0.15, 0.2) is 0 Å². The fourth-order valence-corrected chi connectivity index (χ4v) is 10.9. The Morgan fingerprint density at radius 3 is 1.83 bits per heavy atom. The zero-order valence-corrected chi connectivity index (χ0v) is 40.1. The summed E-state index contributed by atoms with van der Waals surface area (Å²) in [6.45, 7) is 12.3. The maximum absolute atomic E-state index is 6.43. The average Bonchev–Trinajstić information content (AvgIpc) is 4.17. The molecule has 0 saturated heterocycles. The number of hydrogen-bond acceptors (Lipinski definition) is 2. The van der Waals surface area contributed by atoms with Crippen molar-refractivity contribution >= 4 is 83.8 Å². The second-order valence-electron chi connectivity index (χ2n) is 18.5. The zero-order chi connectivity index (χ0) is 48.5. The van der Waals surface area contributed by atoms with Crippen molar-refractivity contribution in [3.05, 3.63) is 259 Å². The minimum Gasteiger partial charge on any atom is -0.456 e. The molecule has 0 spiro atoms. The summed E-state index contributed by atoms with van der Waals surface area (Å²) < 4.78 is 17.7. The van der Waals surface area contributed by atoms with Gasteiger partial charge in [-0.15, -0.1) is 0 Å². The monoisotopic (exact) mass is 924 g/mol. The highest BCUT2D eigenvalue weighted by Crippen LogP contribution is 2.42. The van der Waals surface area contributed by atoms with Crippen LogP contribution >= 0.6 is 0 Å². The Balaban J connectivity index is 0.909. The number of allylic oxidation sites excluding steroid dienone is 4. The summed E-state index contributed by atoms with van der Waals surface area (Å²) in [5.41, 5.74) is 19.4. The zero-order valence-electron chi connectivity index (χ0n) is 40.1. The second kappa shape index (κ2) is 17.2. The Morgan fingerprint density at radius 2 is 1.08 bits per heavy atom. The van der Waals surface area contributed by atoms with Gasteiger partial charge in [-0.2, -0.15) is 0 Å². The summed E-state index contributed by atoms with van der Waals surface area (Å²) in [7, 11) is 0. The van der Waals surface area contributed by atoms with E-state index in [2.05, 4.69) is 229 Å². The van der Waals surface area contributed by atoms with E-state index in [-0.39, 0.29) is 0 Å². The molecule has 0 aliphatic carbocycles. The first-order valence-corrected chi connectivity index (χ1v) is 24.5. The molecule has 9 aromatic carbocycles. The summed E-state index contributed by atoms with van der Waals surface area (Å²) in [4.78, 5) is 0. The van der Waals surface area contributed by atoms with E-state index in [1.807, 2.05) is 31.2 Å². The Labute approximate surface area is 416 Å². The average molecular weight is 925 g/mol. The molecule has 0 radical (unpaired) electrons. The van der Waals surface area contributed by atoms with Gasteiger partial charge in [-0.1, -0.05) is 177 Å². The number of nitrogens with zero attached hydrogens (tertiary/aromatic N) is 2. The van der Waals surface area contributed by atoms with Crippen LogP contribution in [-0.2, 0) is 0 Å². The predicted molar refractivity (Wildman–Crippen MR) is 303 cm³/mol. The first-order valence-electron chi connectivity index (χ1n) is 24.5. The number of para-hydroxylation sites is 5. The smallest absolute Gasteiger partial charge is 0.143 e. The molecule has 0 amide bonds. The van der Waals surface area contributed by atoms with Crippen molar-refractivity contribution in [2.75, 3.05) is 0 Å². The third-order valence-electron chi connectivity index (χ3n) is 14.4. The van der Waals surface area contributed by atoms with Crippen LogP contribution in [0.3, 0.4) is 0 Å². The van der Waals surface area contributed by atoms with Crippen molar-refractivity contribution in [1.82, 2.24) is 9.13 Å². The van der Waals surface area contributed by atoms with E-state index in [1.54, 1.807) is 6.08 Å².